The molecular formula is C13H23NO2. The van der Waals surface area contributed by atoms with Gasteiger partial charge in [-0.2, -0.15) is 0 Å². The van der Waals surface area contributed by atoms with E-state index in [2.05, 4.69) is 5.32 Å². The first kappa shape index (κ1) is 11.9. The average Bonchev–Trinajstić information content (AvgIpc) is 2.26. The van der Waals surface area contributed by atoms with Crippen molar-refractivity contribution in [3.8, 4) is 0 Å². The predicted octanol–water partition coefficient (Wildman–Crippen LogP) is 2.11. The molecule has 0 radical (unpaired) electrons. The SMILES string of the molecule is CCOC(=O)C1CCC2(CC1)CC(NC)C2. The van der Waals surface area contributed by atoms with E-state index in [1.54, 1.807) is 0 Å². The smallest absolute Gasteiger partial charge is 0.308 e. The fourth-order valence-corrected chi connectivity index (χ4v) is 3.32. The Hall–Kier alpha value is -0.570. The summed E-state index contributed by atoms with van der Waals surface area (Å²) in [6.45, 7) is 2.40. The summed E-state index contributed by atoms with van der Waals surface area (Å²) in [5.41, 5.74) is 0.566. The molecule has 92 valence electrons. The minimum absolute atomic E-state index is 0.0295. The van der Waals surface area contributed by atoms with Gasteiger partial charge in [-0.3, -0.25) is 4.79 Å². The lowest BCUT2D eigenvalue weighted by molar-refractivity contribution is -0.150. The Morgan fingerprint density at radius 1 is 1.38 bits per heavy atom. The summed E-state index contributed by atoms with van der Waals surface area (Å²) in [7, 11) is 2.04. The fraction of sp³-hybridized carbons (Fsp3) is 0.923. The van der Waals surface area contributed by atoms with Crippen LogP contribution in [0.5, 0.6) is 0 Å². The van der Waals surface area contributed by atoms with Gasteiger partial charge in [-0.1, -0.05) is 0 Å². The van der Waals surface area contributed by atoms with E-state index >= 15 is 0 Å². The average molecular weight is 225 g/mol. The summed E-state index contributed by atoms with van der Waals surface area (Å²) in [5, 5.41) is 3.34. The molecule has 0 unspecified atom stereocenters. The van der Waals surface area contributed by atoms with Gasteiger partial charge in [0.1, 0.15) is 0 Å². The van der Waals surface area contributed by atoms with Gasteiger partial charge in [0.2, 0.25) is 0 Å². The van der Waals surface area contributed by atoms with Crippen molar-refractivity contribution in [2.45, 2.75) is 51.5 Å². The van der Waals surface area contributed by atoms with Gasteiger partial charge < -0.3 is 10.1 Å². The van der Waals surface area contributed by atoms with Crippen molar-refractivity contribution in [3.63, 3.8) is 0 Å². The number of ether oxygens (including phenoxy) is 1. The summed E-state index contributed by atoms with van der Waals surface area (Å²) >= 11 is 0. The van der Waals surface area contributed by atoms with Crippen molar-refractivity contribution < 1.29 is 9.53 Å². The summed E-state index contributed by atoms with van der Waals surface area (Å²) in [4.78, 5) is 11.6. The van der Waals surface area contributed by atoms with E-state index in [-0.39, 0.29) is 11.9 Å². The van der Waals surface area contributed by atoms with Crippen LogP contribution in [0.3, 0.4) is 0 Å². The van der Waals surface area contributed by atoms with E-state index in [1.165, 1.54) is 25.7 Å². The standard InChI is InChI=1S/C13H23NO2/c1-3-16-12(15)10-4-6-13(7-5-10)8-11(9-13)14-2/h10-11,14H,3-9H2,1-2H3. The molecule has 2 rings (SSSR count). The predicted molar refractivity (Wildman–Crippen MR) is 63.1 cm³/mol. The molecule has 16 heavy (non-hydrogen) atoms. The van der Waals surface area contributed by atoms with Gasteiger partial charge in [0, 0.05) is 6.04 Å². The normalized spacial score (nSPS) is 38.1. The third-order valence-electron chi connectivity index (χ3n) is 4.43. The van der Waals surface area contributed by atoms with Crippen LogP contribution in [0.25, 0.3) is 0 Å². The zero-order chi connectivity index (χ0) is 11.6. The lowest BCUT2D eigenvalue weighted by Gasteiger charge is -2.51. The second kappa shape index (κ2) is 4.74. The zero-order valence-corrected chi connectivity index (χ0v) is 10.4. The van der Waals surface area contributed by atoms with Crippen molar-refractivity contribution in [1.82, 2.24) is 5.32 Å². The Labute approximate surface area is 97.9 Å². The molecule has 0 bridgehead atoms. The summed E-state index contributed by atoms with van der Waals surface area (Å²) in [6.07, 6.45) is 7.12. The van der Waals surface area contributed by atoms with Crippen LogP contribution in [-0.4, -0.2) is 25.7 Å². The molecule has 3 heteroatoms. The Kier molecular flexibility index (Phi) is 3.53. The van der Waals surface area contributed by atoms with Gasteiger partial charge in [-0.25, -0.2) is 0 Å². The summed E-state index contributed by atoms with van der Waals surface area (Å²) < 4.78 is 5.09. The number of nitrogens with one attached hydrogen (secondary N) is 1. The molecule has 0 atom stereocenters. The Morgan fingerprint density at radius 3 is 2.50 bits per heavy atom. The molecule has 3 nitrogen and oxygen atoms in total. The zero-order valence-electron chi connectivity index (χ0n) is 10.4. The van der Waals surface area contributed by atoms with Gasteiger partial charge in [-0.15, -0.1) is 0 Å². The first-order chi connectivity index (χ1) is 7.69. The maximum Gasteiger partial charge on any atom is 0.308 e. The number of hydrogen-bond donors (Lipinski definition) is 1. The van der Waals surface area contributed by atoms with Crippen molar-refractivity contribution in [2.75, 3.05) is 13.7 Å². The lowest BCUT2D eigenvalue weighted by Crippen LogP contribution is -2.49. The molecule has 0 saturated heterocycles. The lowest BCUT2D eigenvalue weighted by atomic mass is 9.57. The highest BCUT2D eigenvalue weighted by atomic mass is 16.5. The molecule has 0 amide bonds. The number of carbonyl (C=O) groups is 1. The van der Waals surface area contributed by atoms with E-state index in [0.29, 0.717) is 12.0 Å². The van der Waals surface area contributed by atoms with E-state index in [1.807, 2.05) is 14.0 Å². The molecule has 2 saturated carbocycles. The monoisotopic (exact) mass is 225 g/mol. The Balaban J connectivity index is 1.77. The van der Waals surface area contributed by atoms with Crippen molar-refractivity contribution >= 4 is 5.97 Å². The van der Waals surface area contributed by atoms with Gasteiger partial charge in [0.05, 0.1) is 12.5 Å². The molecule has 2 aliphatic carbocycles. The number of carbonyl (C=O) groups excluding carboxylic acids is 1. The van der Waals surface area contributed by atoms with Crippen LogP contribution in [-0.2, 0) is 9.53 Å². The maximum absolute atomic E-state index is 11.6. The van der Waals surface area contributed by atoms with Crippen molar-refractivity contribution in [3.05, 3.63) is 0 Å². The second-order valence-electron chi connectivity index (χ2n) is 5.42. The molecule has 0 aromatic rings. The number of rotatable bonds is 3. The Morgan fingerprint density at radius 2 is 2.00 bits per heavy atom. The van der Waals surface area contributed by atoms with Crippen LogP contribution >= 0.6 is 0 Å². The van der Waals surface area contributed by atoms with E-state index < -0.39 is 0 Å². The van der Waals surface area contributed by atoms with Gasteiger partial charge in [0.15, 0.2) is 0 Å². The first-order valence-corrected chi connectivity index (χ1v) is 6.53. The summed E-state index contributed by atoms with van der Waals surface area (Å²) in [6, 6.07) is 0.721. The van der Waals surface area contributed by atoms with E-state index in [9.17, 15) is 4.79 Å². The molecule has 0 aliphatic heterocycles. The fourth-order valence-electron chi connectivity index (χ4n) is 3.32. The van der Waals surface area contributed by atoms with Gasteiger partial charge in [0.25, 0.3) is 0 Å². The topological polar surface area (TPSA) is 38.3 Å². The second-order valence-corrected chi connectivity index (χ2v) is 5.42. The third kappa shape index (κ3) is 2.24. The van der Waals surface area contributed by atoms with Crippen LogP contribution in [0, 0.1) is 11.3 Å². The maximum atomic E-state index is 11.6. The number of esters is 1. The highest BCUT2D eigenvalue weighted by Crippen LogP contribution is 2.52. The van der Waals surface area contributed by atoms with Crippen LogP contribution in [0.4, 0.5) is 0 Å². The minimum Gasteiger partial charge on any atom is -0.466 e. The Bertz CT molecular complexity index is 249. The minimum atomic E-state index is 0.0295. The molecule has 0 aromatic heterocycles. The summed E-state index contributed by atoms with van der Waals surface area (Å²) in [5.74, 6) is 0.209. The van der Waals surface area contributed by atoms with Crippen molar-refractivity contribution in [2.24, 2.45) is 11.3 Å². The number of hydrogen-bond acceptors (Lipinski definition) is 3. The molecule has 0 heterocycles. The highest BCUT2D eigenvalue weighted by Gasteiger charge is 2.46. The molecular weight excluding hydrogens is 202 g/mol. The largest absolute Gasteiger partial charge is 0.466 e. The molecule has 1 N–H and O–H groups in total. The van der Waals surface area contributed by atoms with E-state index in [4.69, 9.17) is 4.74 Å². The van der Waals surface area contributed by atoms with Crippen LogP contribution in [0.1, 0.15) is 45.4 Å². The quantitative estimate of drug-likeness (QED) is 0.748. The third-order valence-corrected chi connectivity index (χ3v) is 4.43. The van der Waals surface area contributed by atoms with Gasteiger partial charge >= 0.3 is 5.97 Å². The first-order valence-electron chi connectivity index (χ1n) is 6.53. The van der Waals surface area contributed by atoms with Crippen LogP contribution in [0.15, 0.2) is 0 Å². The van der Waals surface area contributed by atoms with Crippen LogP contribution < -0.4 is 5.32 Å². The van der Waals surface area contributed by atoms with Crippen LogP contribution in [0.2, 0.25) is 0 Å². The van der Waals surface area contributed by atoms with Gasteiger partial charge in [-0.05, 0) is 57.9 Å². The highest BCUT2D eigenvalue weighted by molar-refractivity contribution is 5.72. The molecule has 1 spiro atoms. The van der Waals surface area contributed by atoms with E-state index in [0.717, 1.165) is 18.9 Å². The molecule has 2 fully saturated rings. The van der Waals surface area contributed by atoms with Crippen molar-refractivity contribution in [1.29, 1.82) is 0 Å². The molecule has 2 aliphatic rings. The molecule has 0 aromatic carbocycles.